The summed E-state index contributed by atoms with van der Waals surface area (Å²) in [6.07, 6.45) is 7.21. The number of hydrogen-bond acceptors (Lipinski definition) is 4. The van der Waals surface area contributed by atoms with Gasteiger partial charge in [-0.1, -0.05) is 33.1 Å². The van der Waals surface area contributed by atoms with Crippen LogP contribution < -0.4 is 0 Å². The van der Waals surface area contributed by atoms with E-state index in [4.69, 9.17) is 9.47 Å². The van der Waals surface area contributed by atoms with Crippen molar-refractivity contribution < 1.29 is 19.1 Å². The first-order valence-corrected chi connectivity index (χ1v) is 7.89. The molecule has 0 aliphatic heterocycles. The molecular formula is C16H28O4. The molecule has 0 atom stereocenters. The Bertz CT molecular complexity index is 293. The summed E-state index contributed by atoms with van der Waals surface area (Å²) < 4.78 is 10.3. The minimum Gasteiger partial charge on any atom is -0.466 e. The van der Waals surface area contributed by atoms with Gasteiger partial charge in [0, 0.05) is 0 Å². The monoisotopic (exact) mass is 284 g/mol. The average molecular weight is 284 g/mol. The molecule has 1 rings (SSSR count). The van der Waals surface area contributed by atoms with Crippen molar-refractivity contribution in [3.63, 3.8) is 0 Å². The standard InChI is InChI=1S/C16H28O4/c1-13(2)10-11-19-15(17)8-9-16(18)20-12-14-6-4-3-5-7-14/h13-14H,3-12H2,1-2H3. The Morgan fingerprint density at radius 2 is 1.60 bits per heavy atom. The molecule has 0 unspecified atom stereocenters. The van der Waals surface area contributed by atoms with Crippen molar-refractivity contribution in [3.05, 3.63) is 0 Å². The number of esters is 2. The van der Waals surface area contributed by atoms with Gasteiger partial charge in [0.2, 0.25) is 0 Å². The van der Waals surface area contributed by atoms with Gasteiger partial charge in [-0.2, -0.15) is 0 Å². The largest absolute Gasteiger partial charge is 0.466 e. The molecular weight excluding hydrogens is 256 g/mol. The first kappa shape index (κ1) is 17.0. The summed E-state index contributed by atoms with van der Waals surface area (Å²) >= 11 is 0. The van der Waals surface area contributed by atoms with E-state index in [0.29, 0.717) is 25.0 Å². The molecule has 0 amide bonds. The maximum Gasteiger partial charge on any atom is 0.306 e. The Balaban J connectivity index is 2.02. The molecule has 20 heavy (non-hydrogen) atoms. The van der Waals surface area contributed by atoms with Crippen LogP contribution in [-0.2, 0) is 19.1 Å². The fraction of sp³-hybridized carbons (Fsp3) is 0.875. The van der Waals surface area contributed by atoms with Crippen molar-refractivity contribution in [3.8, 4) is 0 Å². The summed E-state index contributed by atoms with van der Waals surface area (Å²) in [4.78, 5) is 22.9. The minimum atomic E-state index is -0.305. The highest BCUT2D eigenvalue weighted by molar-refractivity contribution is 5.77. The van der Waals surface area contributed by atoms with E-state index < -0.39 is 0 Å². The summed E-state index contributed by atoms with van der Waals surface area (Å²) in [7, 11) is 0. The summed E-state index contributed by atoms with van der Waals surface area (Å²) in [5, 5.41) is 0. The zero-order chi connectivity index (χ0) is 14.8. The summed E-state index contributed by atoms with van der Waals surface area (Å²) in [5.41, 5.74) is 0. The van der Waals surface area contributed by atoms with Crippen LogP contribution in [0.3, 0.4) is 0 Å². The molecule has 1 saturated carbocycles. The van der Waals surface area contributed by atoms with E-state index in [2.05, 4.69) is 13.8 Å². The third-order valence-corrected chi connectivity index (χ3v) is 3.70. The third-order valence-electron chi connectivity index (χ3n) is 3.70. The van der Waals surface area contributed by atoms with E-state index in [9.17, 15) is 9.59 Å². The Kier molecular flexibility index (Phi) is 8.31. The van der Waals surface area contributed by atoms with Crippen LogP contribution in [0.1, 0.15) is 65.2 Å². The smallest absolute Gasteiger partial charge is 0.306 e. The van der Waals surface area contributed by atoms with Crippen molar-refractivity contribution >= 4 is 11.9 Å². The molecule has 0 aromatic rings. The number of ether oxygens (including phenoxy) is 2. The molecule has 116 valence electrons. The van der Waals surface area contributed by atoms with Crippen molar-refractivity contribution in [1.82, 2.24) is 0 Å². The number of carbonyl (C=O) groups is 2. The minimum absolute atomic E-state index is 0.127. The molecule has 0 aromatic heterocycles. The van der Waals surface area contributed by atoms with Gasteiger partial charge in [-0.3, -0.25) is 9.59 Å². The molecule has 1 fully saturated rings. The zero-order valence-electron chi connectivity index (χ0n) is 12.9. The maximum absolute atomic E-state index is 11.5. The lowest BCUT2D eigenvalue weighted by Gasteiger charge is -2.20. The third kappa shape index (κ3) is 8.18. The molecule has 0 radical (unpaired) electrons. The van der Waals surface area contributed by atoms with E-state index in [1.165, 1.54) is 19.3 Å². The van der Waals surface area contributed by atoms with Crippen LogP contribution in [0.25, 0.3) is 0 Å². The first-order chi connectivity index (χ1) is 9.58. The van der Waals surface area contributed by atoms with Crippen LogP contribution in [0.5, 0.6) is 0 Å². The number of carbonyl (C=O) groups excluding carboxylic acids is 2. The zero-order valence-corrected chi connectivity index (χ0v) is 12.9. The summed E-state index contributed by atoms with van der Waals surface area (Å²) in [6, 6.07) is 0. The van der Waals surface area contributed by atoms with Gasteiger partial charge in [-0.25, -0.2) is 0 Å². The number of hydrogen-bond donors (Lipinski definition) is 0. The van der Waals surface area contributed by atoms with E-state index in [0.717, 1.165) is 19.3 Å². The molecule has 0 heterocycles. The summed E-state index contributed by atoms with van der Waals surface area (Å²) in [5.74, 6) is 0.450. The molecule has 0 spiro atoms. The van der Waals surface area contributed by atoms with Gasteiger partial charge in [0.05, 0.1) is 26.1 Å². The van der Waals surface area contributed by atoms with Crippen molar-refractivity contribution in [2.45, 2.75) is 65.2 Å². The number of rotatable bonds is 8. The van der Waals surface area contributed by atoms with Gasteiger partial charge >= 0.3 is 11.9 Å². The second-order valence-electron chi connectivity index (χ2n) is 6.09. The maximum atomic E-state index is 11.5. The topological polar surface area (TPSA) is 52.6 Å². The Labute approximate surface area is 122 Å². The SMILES string of the molecule is CC(C)CCOC(=O)CCC(=O)OCC1CCCCC1. The van der Waals surface area contributed by atoms with Gasteiger partial charge in [-0.15, -0.1) is 0 Å². The van der Waals surface area contributed by atoms with E-state index in [-0.39, 0.29) is 24.8 Å². The fourth-order valence-corrected chi connectivity index (χ4v) is 2.32. The highest BCUT2D eigenvalue weighted by atomic mass is 16.5. The lowest BCUT2D eigenvalue weighted by atomic mass is 9.90. The second-order valence-corrected chi connectivity index (χ2v) is 6.09. The van der Waals surface area contributed by atoms with Crippen LogP contribution in [0.15, 0.2) is 0 Å². The molecule has 0 bridgehead atoms. The van der Waals surface area contributed by atoms with E-state index in [1.807, 2.05) is 0 Å². The average Bonchev–Trinajstić information content (AvgIpc) is 2.43. The van der Waals surface area contributed by atoms with Crippen molar-refractivity contribution in [2.75, 3.05) is 13.2 Å². The fourth-order valence-electron chi connectivity index (χ4n) is 2.32. The first-order valence-electron chi connectivity index (χ1n) is 7.89. The van der Waals surface area contributed by atoms with Gasteiger partial charge in [0.15, 0.2) is 0 Å². The van der Waals surface area contributed by atoms with Crippen LogP contribution in [0.2, 0.25) is 0 Å². The highest BCUT2D eigenvalue weighted by Crippen LogP contribution is 2.23. The quantitative estimate of drug-likeness (QED) is 0.640. The Morgan fingerprint density at radius 1 is 1.00 bits per heavy atom. The Hall–Kier alpha value is -1.06. The lowest BCUT2D eigenvalue weighted by molar-refractivity contribution is -0.151. The van der Waals surface area contributed by atoms with Crippen LogP contribution in [0.4, 0.5) is 0 Å². The van der Waals surface area contributed by atoms with Gasteiger partial charge in [0.25, 0.3) is 0 Å². The molecule has 1 aliphatic carbocycles. The van der Waals surface area contributed by atoms with Crippen LogP contribution in [0, 0.1) is 11.8 Å². The normalized spacial score (nSPS) is 16.1. The second kappa shape index (κ2) is 9.78. The van der Waals surface area contributed by atoms with Crippen LogP contribution in [-0.4, -0.2) is 25.2 Å². The molecule has 4 heteroatoms. The van der Waals surface area contributed by atoms with E-state index in [1.54, 1.807) is 0 Å². The van der Waals surface area contributed by atoms with Crippen molar-refractivity contribution in [1.29, 1.82) is 0 Å². The van der Waals surface area contributed by atoms with Crippen LogP contribution >= 0.6 is 0 Å². The molecule has 0 saturated heterocycles. The van der Waals surface area contributed by atoms with Gasteiger partial charge < -0.3 is 9.47 Å². The van der Waals surface area contributed by atoms with Gasteiger partial charge in [-0.05, 0) is 31.1 Å². The molecule has 1 aliphatic rings. The molecule has 4 nitrogen and oxygen atoms in total. The highest BCUT2D eigenvalue weighted by Gasteiger charge is 2.16. The summed E-state index contributed by atoms with van der Waals surface area (Å²) in [6.45, 7) is 5.11. The Morgan fingerprint density at radius 3 is 2.20 bits per heavy atom. The lowest BCUT2D eigenvalue weighted by Crippen LogP contribution is -2.17. The predicted octanol–water partition coefficient (Wildman–Crippen LogP) is 3.48. The molecule has 0 aromatic carbocycles. The van der Waals surface area contributed by atoms with Crippen molar-refractivity contribution in [2.24, 2.45) is 11.8 Å². The van der Waals surface area contributed by atoms with E-state index >= 15 is 0 Å². The predicted molar refractivity (Wildman–Crippen MR) is 77.2 cm³/mol. The molecule has 0 N–H and O–H groups in total. The van der Waals surface area contributed by atoms with Gasteiger partial charge in [0.1, 0.15) is 0 Å².